The number of nitriles is 1. The maximum absolute atomic E-state index is 12.0. The highest BCUT2D eigenvalue weighted by atomic mass is 79.9. The lowest BCUT2D eigenvalue weighted by molar-refractivity contribution is -0.124. The Hall–Kier alpha value is -2.06. The van der Waals surface area contributed by atoms with Gasteiger partial charge in [0.25, 0.3) is 5.91 Å². The highest BCUT2D eigenvalue weighted by molar-refractivity contribution is 9.10. The van der Waals surface area contributed by atoms with Crippen molar-refractivity contribution >= 4 is 32.6 Å². The van der Waals surface area contributed by atoms with Gasteiger partial charge in [0.15, 0.2) is 6.61 Å². The molecule has 0 radical (unpaired) electrons. The fraction of sp³-hybridized carbons (Fsp3) is 0.333. The number of halogens is 1. The monoisotopic (exact) mass is 374 g/mol. The van der Waals surface area contributed by atoms with Gasteiger partial charge in [-0.25, -0.2) is 0 Å². The molecule has 0 saturated carbocycles. The molecule has 0 spiro atoms. The van der Waals surface area contributed by atoms with Crippen molar-refractivity contribution in [2.24, 2.45) is 5.92 Å². The summed E-state index contributed by atoms with van der Waals surface area (Å²) in [6.45, 7) is 5.38. The SMILES string of the molecule is CC(C)C(C)(C#N)NC(=O)COc1ccc2cc(Br)ccc2c1. The highest BCUT2D eigenvalue weighted by Crippen LogP contribution is 2.24. The normalized spacial score (nSPS) is 13.4. The molecule has 23 heavy (non-hydrogen) atoms. The molecule has 1 N–H and O–H groups in total. The van der Waals surface area contributed by atoms with Crippen LogP contribution in [0.3, 0.4) is 0 Å². The first-order valence-electron chi connectivity index (χ1n) is 7.38. The number of carbonyl (C=O) groups is 1. The minimum Gasteiger partial charge on any atom is -0.484 e. The van der Waals surface area contributed by atoms with Crippen LogP contribution < -0.4 is 10.1 Å². The van der Waals surface area contributed by atoms with Gasteiger partial charge in [-0.3, -0.25) is 4.79 Å². The van der Waals surface area contributed by atoms with E-state index in [9.17, 15) is 10.1 Å². The van der Waals surface area contributed by atoms with Gasteiger partial charge in [-0.1, -0.05) is 41.9 Å². The minimum absolute atomic E-state index is 0.00978. The zero-order valence-corrected chi connectivity index (χ0v) is 15.0. The molecule has 0 bridgehead atoms. The largest absolute Gasteiger partial charge is 0.484 e. The van der Waals surface area contributed by atoms with E-state index in [-0.39, 0.29) is 18.4 Å². The van der Waals surface area contributed by atoms with E-state index >= 15 is 0 Å². The van der Waals surface area contributed by atoms with E-state index in [2.05, 4.69) is 27.3 Å². The molecule has 5 heteroatoms. The predicted molar refractivity (Wildman–Crippen MR) is 94.1 cm³/mol. The summed E-state index contributed by atoms with van der Waals surface area (Å²) >= 11 is 3.44. The summed E-state index contributed by atoms with van der Waals surface area (Å²) < 4.78 is 6.56. The molecule has 0 aliphatic heterocycles. The Bertz CT molecular complexity index is 767. The van der Waals surface area contributed by atoms with Crippen molar-refractivity contribution in [1.29, 1.82) is 5.26 Å². The van der Waals surface area contributed by atoms with Gasteiger partial charge in [-0.05, 0) is 47.9 Å². The van der Waals surface area contributed by atoms with Crippen LogP contribution in [0, 0.1) is 17.2 Å². The Morgan fingerprint density at radius 3 is 2.61 bits per heavy atom. The molecular weight excluding hydrogens is 356 g/mol. The van der Waals surface area contributed by atoms with Crippen LogP contribution in [-0.2, 0) is 4.79 Å². The van der Waals surface area contributed by atoms with Crippen molar-refractivity contribution in [3.63, 3.8) is 0 Å². The summed E-state index contributed by atoms with van der Waals surface area (Å²) in [7, 11) is 0. The number of fused-ring (bicyclic) bond motifs is 1. The van der Waals surface area contributed by atoms with Crippen LogP contribution >= 0.6 is 15.9 Å². The molecule has 2 aromatic carbocycles. The molecule has 0 aromatic heterocycles. The number of amides is 1. The molecule has 0 fully saturated rings. The van der Waals surface area contributed by atoms with Gasteiger partial charge >= 0.3 is 0 Å². The van der Waals surface area contributed by atoms with Crippen LogP contribution in [0.1, 0.15) is 20.8 Å². The van der Waals surface area contributed by atoms with Crippen LogP contribution in [0.15, 0.2) is 40.9 Å². The molecule has 2 aromatic rings. The number of rotatable bonds is 5. The van der Waals surface area contributed by atoms with Crippen molar-refractivity contribution in [3.05, 3.63) is 40.9 Å². The molecule has 1 unspecified atom stereocenters. The van der Waals surface area contributed by atoms with E-state index in [0.717, 1.165) is 15.2 Å². The maximum Gasteiger partial charge on any atom is 0.259 e. The van der Waals surface area contributed by atoms with Crippen molar-refractivity contribution in [1.82, 2.24) is 5.32 Å². The number of nitrogens with zero attached hydrogens (tertiary/aromatic N) is 1. The second kappa shape index (κ2) is 7.01. The van der Waals surface area contributed by atoms with E-state index in [1.165, 1.54) is 0 Å². The van der Waals surface area contributed by atoms with E-state index in [1.807, 2.05) is 50.2 Å². The number of carbonyl (C=O) groups excluding carboxylic acids is 1. The Morgan fingerprint density at radius 1 is 1.30 bits per heavy atom. The predicted octanol–water partition coefficient (Wildman–Crippen LogP) is 4.04. The van der Waals surface area contributed by atoms with Gasteiger partial charge in [0, 0.05) is 4.47 Å². The van der Waals surface area contributed by atoms with Crippen LogP contribution in [-0.4, -0.2) is 18.1 Å². The van der Waals surface area contributed by atoms with Gasteiger partial charge < -0.3 is 10.1 Å². The lowest BCUT2D eigenvalue weighted by Crippen LogP contribution is -2.50. The smallest absolute Gasteiger partial charge is 0.259 e. The zero-order chi connectivity index (χ0) is 17.0. The molecule has 0 aliphatic carbocycles. The molecule has 4 nitrogen and oxygen atoms in total. The van der Waals surface area contributed by atoms with E-state index < -0.39 is 5.54 Å². The van der Waals surface area contributed by atoms with Gasteiger partial charge in [-0.15, -0.1) is 0 Å². The van der Waals surface area contributed by atoms with Crippen LogP contribution in [0.25, 0.3) is 10.8 Å². The Labute approximate surface area is 144 Å². The van der Waals surface area contributed by atoms with Crippen molar-refractivity contribution in [2.45, 2.75) is 26.3 Å². The fourth-order valence-electron chi connectivity index (χ4n) is 2.06. The summed E-state index contributed by atoms with van der Waals surface area (Å²) in [5.41, 5.74) is -0.893. The third-order valence-electron chi connectivity index (χ3n) is 3.93. The topological polar surface area (TPSA) is 62.1 Å². The molecule has 1 atom stereocenters. The third-order valence-corrected chi connectivity index (χ3v) is 4.42. The first-order valence-corrected chi connectivity index (χ1v) is 8.18. The molecule has 0 saturated heterocycles. The summed E-state index contributed by atoms with van der Waals surface area (Å²) in [6, 6.07) is 13.8. The number of hydrogen-bond donors (Lipinski definition) is 1. The van der Waals surface area contributed by atoms with Gasteiger partial charge in [0.05, 0.1) is 6.07 Å². The van der Waals surface area contributed by atoms with E-state index in [4.69, 9.17) is 4.74 Å². The summed E-state index contributed by atoms with van der Waals surface area (Å²) in [6.07, 6.45) is 0. The lowest BCUT2D eigenvalue weighted by Gasteiger charge is -2.27. The lowest BCUT2D eigenvalue weighted by atomic mass is 9.90. The molecular formula is C18H19BrN2O2. The van der Waals surface area contributed by atoms with E-state index in [0.29, 0.717) is 5.75 Å². The van der Waals surface area contributed by atoms with Crippen molar-refractivity contribution in [3.8, 4) is 11.8 Å². The minimum atomic E-state index is -0.893. The average Bonchev–Trinajstić information content (AvgIpc) is 2.52. The zero-order valence-electron chi connectivity index (χ0n) is 13.4. The highest BCUT2D eigenvalue weighted by Gasteiger charge is 2.29. The molecule has 120 valence electrons. The standard InChI is InChI=1S/C18H19BrN2O2/c1-12(2)18(3,11-20)21-17(22)10-23-16-7-5-13-8-15(19)6-4-14(13)9-16/h4-9,12H,10H2,1-3H3,(H,21,22). The Morgan fingerprint density at radius 2 is 1.96 bits per heavy atom. The second-order valence-electron chi connectivity index (χ2n) is 5.96. The first-order chi connectivity index (χ1) is 10.8. The van der Waals surface area contributed by atoms with Crippen LogP contribution in [0.2, 0.25) is 0 Å². The van der Waals surface area contributed by atoms with Crippen LogP contribution in [0.4, 0.5) is 0 Å². The average molecular weight is 375 g/mol. The number of nitrogens with one attached hydrogen (secondary N) is 1. The molecule has 1 amide bonds. The van der Waals surface area contributed by atoms with Gasteiger partial charge in [0.2, 0.25) is 0 Å². The van der Waals surface area contributed by atoms with Gasteiger partial charge in [-0.2, -0.15) is 5.26 Å². The third kappa shape index (κ3) is 4.23. The number of ether oxygens (including phenoxy) is 1. The molecule has 2 rings (SSSR count). The fourth-order valence-corrected chi connectivity index (χ4v) is 2.44. The van der Waals surface area contributed by atoms with E-state index in [1.54, 1.807) is 6.92 Å². The summed E-state index contributed by atoms with van der Waals surface area (Å²) in [5, 5.41) is 14.1. The van der Waals surface area contributed by atoms with Gasteiger partial charge in [0.1, 0.15) is 11.3 Å². The molecule has 0 heterocycles. The summed E-state index contributed by atoms with van der Waals surface area (Å²) in [4.78, 5) is 12.0. The quantitative estimate of drug-likeness (QED) is 0.858. The maximum atomic E-state index is 12.0. The summed E-state index contributed by atoms with van der Waals surface area (Å²) in [5.74, 6) is 0.326. The number of benzene rings is 2. The Balaban J connectivity index is 2.02. The van der Waals surface area contributed by atoms with Crippen LogP contribution in [0.5, 0.6) is 5.75 Å². The molecule has 0 aliphatic rings. The Kier molecular flexibility index (Phi) is 5.27. The van der Waals surface area contributed by atoms with Crippen molar-refractivity contribution in [2.75, 3.05) is 6.61 Å². The number of hydrogen-bond acceptors (Lipinski definition) is 3. The second-order valence-corrected chi connectivity index (χ2v) is 6.87. The first kappa shape index (κ1) is 17.3. The van der Waals surface area contributed by atoms with Crippen molar-refractivity contribution < 1.29 is 9.53 Å².